The number of rotatable bonds is 3. The zero-order valence-electron chi connectivity index (χ0n) is 10.3. The van der Waals surface area contributed by atoms with E-state index in [1.54, 1.807) is 11.2 Å². The highest BCUT2D eigenvalue weighted by molar-refractivity contribution is 7.89. The molecule has 1 aromatic rings. The molecule has 0 atom stereocenters. The topological polar surface area (TPSA) is 40.6 Å². The van der Waals surface area contributed by atoms with Gasteiger partial charge in [-0.2, -0.15) is 4.31 Å². The fraction of sp³-hybridized carbons (Fsp3) is 0.500. The van der Waals surface area contributed by atoms with Gasteiger partial charge < -0.3 is 4.90 Å². The number of anilines is 1. The quantitative estimate of drug-likeness (QED) is 0.852. The normalized spacial score (nSPS) is 18.0. The first kappa shape index (κ1) is 13.6. The van der Waals surface area contributed by atoms with Crippen molar-refractivity contribution in [3.05, 3.63) is 29.3 Å². The summed E-state index contributed by atoms with van der Waals surface area (Å²) in [5, 5.41) is 0.712. The highest BCUT2D eigenvalue weighted by atomic mass is 35.5. The van der Waals surface area contributed by atoms with Crippen molar-refractivity contribution in [2.24, 2.45) is 0 Å². The first-order valence-electron chi connectivity index (χ1n) is 6.02. The third kappa shape index (κ3) is 2.79. The monoisotopic (exact) mass is 288 g/mol. The lowest BCUT2D eigenvalue weighted by Crippen LogP contribution is -2.49. The average molecular weight is 289 g/mol. The molecule has 1 aromatic carbocycles. The van der Waals surface area contributed by atoms with Crippen LogP contribution in [0.25, 0.3) is 0 Å². The van der Waals surface area contributed by atoms with Gasteiger partial charge in [0, 0.05) is 26.2 Å². The van der Waals surface area contributed by atoms with Gasteiger partial charge in [0.2, 0.25) is 10.0 Å². The smallest absolute Gasteiger partial charge is 0.213 e. The Balaban J connectivity index is 2.06. The van der Waals surface area contributed by atoms with Crippen LogP contribution in [0.1, 0.15) is 6.92 Å². The second kappa shape index (κ2) is 5.47. The van der Waals surface area contributed by atoms with Crippen molar-refractivity contribution >= 4 is 27.3 Å². The van der Waals surface area contributed by atoms with Gasteiger partial charge in [-0.25, -0.2) is 8.42 Å². The van der Waals surface area contributed by atoms with Crippen LogP contribution in [0.5, 0.6) is 0 Å². The lowest BCUT2D eigenvalue weighted by molar-refractivity contribution is 0.385. The molecule has 2 rings (SSSR count). The summed E-state index contributed by atoms with van der Waals surface area (Å²) in [6.45, 7) is 4.10. The SMILES string of the molecule is CCS(=O)(=O)N1CCN(c2ccccc2Cl)CC1. The zero-order valence-corrected chi connectivity index (χ0v) is 11.9. The summed E-state index contributed by atoms with van der Waals surface area (Å²) in [7, 11) is -3.06. The maximum Gasteiger partial charge on any atom is 0.213 e. The molecule has 0 aliphatic carbocycles. The van der Waals surface area contributed by atoms with E-state index in [1.165, 1.54) is 0 Å². The van der Waals surface area contributed by atoms with Crippen LogP contribution in [-0.2, 0) is 10.0 Å². The molecule has 18 heavy (non-hydrogen) atoms. The van der Waals surface area contributed by atoms with Gasteiger partial charge in [-0.3, -0.25) is 0 Å². The van der Waals surface area contributed by atoms with Gasteiger partial charge in [0.05, 0.1) is 16.5 Å². The van der Waals surface area contributed by atoms with Crippen molar-refractivity contribution in [3.8, 4) is 0 Å². The van der Waals surface area contributed by atoms with E-state index in [2.05, 4.69) is 4.90 Å². The maximum absolute atomic E-state index is 11.7. The number of hydrogen-bond acceptors (Lipinski definition) is 3. The van der Waals surface area contributed by atoms with E-state index in [9.17, 15) is 8.42 Å². The van der Waals surface area contributed by atoms with Crippen LogP contribution >= 0.6 is 11.6 Å². The third-order valence-electron chi connectivity index (χ3n) is 3.19. The number of benzene rings is 1. The van der Waals surface area contributed by atoms with Gasteiger partial charge in [-0.15, -0.1) is 0 Å². The summed E-state index contributed by atoms with van der Waals surface area (Å²) in [5.74, 6) is 0.166. The van der Waals surface area contributed by atoms with Gasteiger partial charge >= 0.3 is 0 Å². The molecule has 0 amide bonds. The zero-order chi connectivity index (χ0) is 13.2. The number of para-hydroxylation sites is 1. The molecule has 4 nitrogen and oxygen atoms in total. The summed E-state index contributed by atoms with van der Waals surface area (Å²) in [6, 6.07) is 7.65. The molecule has 100 valence electrons. The van der Waals surface area contributed by atoms with Crippen LogP contribution < -0.4 is 4.90 Å². The van der Waals surface area contributed by atoms with Crippen LogP contribution in [-0.4, -0.2) is 44.7 Å². The van der Waals surface area contributed by atoms with Crippen LogP contribution in [0.3, 0.4) is 0 Å². The number of piperazine rings is 1. The van der Waals surface area contributed by atoms with Crippen molar-refractivity contribution in [3.63, 3.8) is 0 Å². The summed E-state index contributed by atoms with van der Waals surface area (Å²) < 4.78 is 25.0. The summed E-state index contributed by atoms with van der Waals surface area (Å²) in [4.78, 5) is 2.13. The van der Waals surface area contributed by atoms with E-state index in [4.69, 9.17) is 11.6 Å². The minimum atomic E-state index is -3.06. The van der Waals surface area contributed by atoms with Gasteiger partial charge in [0.25, 0.3) is 0 Å². The summed E-state index contributed by atoms with van der Waals surface area (Å²) >= 11 is 6.14. The molecule has 0 unspecified atom stereocenters. The highest BCUT2D eigenvalue weighted by Crippen LogP contribution is 2.26. The van der Waals surface area contributed by atoms with E-state index < -0.39 is 10.0 Å². The molecule has 1 aliphatic rings. The lowest BCUT2D eigenvalue weighted by atomic mass is 10.2. The minimum Gasteiger partial charge on any atom is -0.368 e. The molecule has 6 heteroatoms. The van der Waals surface area contributed by atoms with Crippen LogP contribution in [0, 0.1) is 0 Å². The van der Waals surface area contributed by atoms with Crippen molar-refractivity contribution < 1.29 is 8.42 Å². The number of hydrogen-bond donors (Lipinski definition) is 0. The maximum atomic E-state index is 11.7. The van der Waals surface area contributed by atoms with Gasteiger partial charge in [-0.05, 0) is 19.1 Å². The largest absolute Gasteiger partial charge is 0.368 e. The minimum absolute atomic E-state index is 0.166. The summed E-state index contributed by atoms with van der Waals surface area (Å²) in [5.41, 5.74) is 0.979. The molecule has 1 saturated heterocycles. The van der Waals surface area contributed by atoms with Crippen molar-refractivity contribution in [1.29, 1.82) is 0 Å². The molecule has 0 N–H and O–H groups in total. The predicted octanol–water partition coefficient (Wildman–Crippen LogP) is 1.81. The van der Waals surface area contributed by atoms with Crippen LogP contribution in [0.15, 0.2) is 24.3 Å². The number of sulfonamides is 1. The van der Waals surface area contributed by atoms with Gasteiger partial charge in [-0.1, -0.05) is 23.7 Å². The first-order valence-corrected chi connectivity index (χ1v) is 8.00. The lowest BCUT2D eigenvalue weighted by Gasteiger charge is -2.35. The molecule has 0 aromatic heterocycles. The Bertz CT molecular complexity index is 511. The Kier molecular flexibility index (Phi) is 4.14. The van der Waals surface area contributed by atoms with Gasteiger partial charge in [0.15, 0.2) is 0 Å². The standard InChI is InChI=1S/C12H17ClN2O2S/c1-2-18(16,17)15-9-7-14(8-10-15)12-6-4-3-5-11(12)13/h3-6H,2,7-10H2,1H3. The second-order valence-corrected chi connectivity index (χ2v) is 6.90. The fourth-order valence-electron chi connectivity index (χ4n) is 2.10. The van der Waals surface area contributed by atoms with Crippen molar-refractivity contribution in [1.82, 2.24) is 4.31 Å². The molecule has 1 aliphatic heterocycles. The third-order valence-corrected chi connectivity index (χ3v) is 5.39. The Morgan fingerprint density at radius 1 is 1.17 bits per heavy atom. The van der Waals surface area contributed by atoms with E-state index in [1.807, 2.05) is 24.3 Å². The second-order valence-electron chi connectivity index (χ2n) is 4.24. The first-order chi connectivity index (χ1) is 8.54. The van der Waals surface area contributed by atoms with E-state index in [0.717, 1.165) is 5.69 Å². The predicted molar refractivity (Wildman–Crippen MR) is 74.7 cm³/mol. The molecular formula is C12H17ClN2O2S. The van der Waals surface area contributed by atoms with Crippen LogP contribution in [0.4, 0.5) is 5.69 Å². The molecule has 0 bridgehead atoms. The van der Waals surface area contributed by atoms with Crippen molar-refractivity contribution in [2.75, 3.05) is 36.8 Å². The number of halogens is 1. The average Bonchev–Trinajstić information content (AvgIpc) is 2.39. The Labute approximate surface area is 113 Å². The molecular weight excluding hydrogens is 272 g/mol. The fourth-order valence-corrected chi connectivity index (χ4v) is 3.44. The van der Waals surface area contributed by atoms with Crippen LogP contribution in [0.2, 0.25) is 5.02 Å². The van der Waals surface area contributed by atoms with E-state index in [0.29, 0.717) is 31.2 Å². The highest BCUT2D eigenvalue weighted by Gasteiger charge is 2.25. The molecule has 0 spiro atoms. The molecule has 1 heterocycles. The van der Waals surface area contributed by atoms with E-state index >= 15 is 0 Å². The Hall–Kier alpha value is -0.780. The molecule has 1 fully saturated rings. The van der Waals surface area contributed by atoms with E-state index in [-0.39, 0.29) is 5.75 Å². The Morgan fingerprint density at radius 3 is 2.33 bits per heavy atom. The number of nitrogens with zero attached hydrogens (tertiary/aromatic N) is 2. The molecule has 0 saturated carbocycles. The van der Waals surface area contributed by atoms with Gasteiger partial charge in [0.1, 0.15) is 0 Å². The summed E-state index contributed by atoms with van der Waals surface area (Å²) in [6.07, 6.45) is 0. The Morgan fingerprint density at radius 2 is 1.78 bits per heavy atom. The molecule has 0 radical (unpaired) electrons. The van der Waals surface area contributed by atoms with Crippen molar-refractivity contribution in [2.45, 2.75) is 6.92 Å².